The van der Waals surface area contributed by atoms with Crippen molar-refractivity contribution in [2.24, 2.45) is 0 Å². The van der Waals surface area contributed by atoms with Crippen molar-refractivity contribution in [3.05, 3.63) is 29.9 Å². The lowest BCUT2D eigenvalue weighted by atomic mass is 10.0. The molecule has 110 valence electrons. The number of aromatic nitrogens is 4. The Morgan fingerprint density at radius 3 is 3.10 bits per heavy atom. The lowest BCUT2D eigenvalue weighted by Crippen LogP contribution is -2.52. The van der Waals surface area contributed by atoms with Gasteiger partial charge in [0, 0.05) is 6.42 Å². The van der Waals surface area contributed by atoms with Crippen molar-refractivity contribution in [2.45, 2.75) is 25.6 Å². The quantitative estimate of drug-likeness (QED) is 0.694. The Bertz CT molecular complexity index is 651. The van der Waals surface area contributed by atoms with Crippen molar-refractivity contribution in [2.75, 3.05) is 0 Å². The van der Waals surface area contributed by atoms with Crippen molar-refractivity contribution < 1.29 is 19.2 Å². The molecule has 0 saturated carbocycles. The summed E-state index contributed by atoms with van der Waals surface area (Å²) in [7, 11) is 0. The van der Waals surface area contributed by atoms with Gasteiger partial charge in [0.2, 0.25) is 6.39 Å². The molecule has 0 fully saturated rings. The summed E-state index contributed by atoms with van der Waals surface area (Å²) in [6, 6.07) is -1.46. The average molecular weight is 292 g/mol. The molecule has 0 spiro atoms. The summed E-state index contributed by atoms with van der Waals surface area (Å²) >= 11 is 0. The number of hydrogen-bond acceptors (Lipinski definition) is 6. The van der Waals surface area contributed by atoms with Crippen LogP contribution in [-0.4, -0.2) is 48.2 Å². The molecule has 3 N–H and O–H groups in total. The Morgan fingerprint density at radius 1 is 1.52 bits per heavy atom. The van der Waals surface area contributed by atoms with Crippen LogP contribution < -0.4 is 5.32 Å². The van der Waals surface area contributed by atoms with Crippen molar-refractivity contribution >= 4 is 12.0 Å². The van der Waals surface area contributed by atoms with Crippen molar-refractivity contribution in [3.63, 3.8) is 0 Å². The SMILES string of the molecule is O=C(O)C1Cc2nc[nH]c2CN1C(=O)NCc1ncon1. The minimum atomic E-state index is -1.07. The number of carboxylic acids is 1. The maximum Gasteiger partial charge on any atom is 0.326 e. The lowest BCUT2D eigenvalue weighted by molar-refractivity contribution is -0.142. The molecule has 10 nitrogen and oxygen atoms in total. The Balaban J connectivity index is 1.72. The van der Waals surface area contributed by atoms with Crippen LogP contribution in [0.4, 0.5) is 4.79 Å². The number of H-pyrrole nitrogens is 1. The summed E-state index contributed by atoms with van der Waals surface area (Å²) in [6.45, 7) is 0.221. The van der Waals surface area contributed by atoms with Gasteiger partial charge in [0.05, 0.1) is 30.8 Å². The fourth-order valence-electron chi connectivity index (χ4n) is 2.20. The van der Waals surface area contributed by atoms with Crippen LogP contribution in [0.5, 0.6) is 0 Å². The van der Waals surface area contributed by atoms with Gasteiger partial charge < -0.3 is 24.8 Å². The number of hydrogen-bond donors (Lipinski definition) is 3. The van der Waals surface area contributed by atoms with E-state index < -0.39 is 18.0 Å². The topological polar surface area (TPSA) is 137 Å². The molecular formula is C11H12N6O4. The number of carbonyl (C=O) groups is 2. The maximum absolute atomic E-state index is 12.2. The number of imidazole rings is 1. The molecule has 1 atom stereocenters. The summed E-state index contributed by atoms with van der Waals surface area (Å²) in [4.78, 5) is 35.5. The van der Waals surface area contributed by atoms with E-state index in [9.17, 15) is 14.7 Å². The zero-order chi connectivity index (χ0) is 14.8. The van der Waals surface area contributed by atoms with E-state index in [1.165, 1.54) is 11.2 Å². The van der Waals surface area contributed by atoms with E-state index in [0.29, 0.717) is 11.5 Å². The number of aromatic amines is 1. The first kappa shape index (κ1) is 13.1. The van der Waals surface area contributed by atoms with Gasteiger partial charge in [0.25, 0.3) is 0 Å². The smallest absolute Gasteiger partial charge is 0.326 e. The highest BCUT2D eigenvalue weighted by Crippen LogP contribution is 2.20. The first-order chi connectivity index (χ1) is 10.1. The number of carbonyl (C=O) groups excluding carboxylic acids is 1. The number of nitrogens with one attached hydrogen (secondary N) is 2. The second kappa shape index (κ2) is 5.23. The minimum absolute atomic E-state index is 0.0635. The molecule has 2 amide bonds. The van der Waals surface area contributed by atoms with Gasteiger partial charge in [-0.15, -0.1) is 0 Å². The standard InChI is InChI=1S/C11H12N6O4/c18-10(19)8-1-6-7(14-4-13-6)3-17(8)11(20)12-2-9-15-5-21-16-9/h4-5,8H,1-3H2,(H,12,20)(H,13,14)(H,18,19). The fourth-order valence-corrected chi connectivity index (χ4v) is 2.20. The van der Waals surface area contributed by atoms with Gasteiger partial charge in [-0.1, -0.05) is 5.16 Å². The maximum atomic E-state index is 12.2. The van der Waals surface area contributed by atoms with Crippen LogP contribution in [0.3, 0.4) is 0 Å². The van der Waals surface area contributed by atoms with E-state index in [1.54, 1.807) is 0 Å². The highest BCUT2D eigenvalue weighted by molar-refractivity contribution is 5.83. The first-order valence-corrected chi connectivity index (χ1v) is 6.19. The lowest BCUT2D eigenvalue weighted by Gasteiger charge is -2.32. The molecular weight excluding hydrogens is 280 g/mol. The van der Waals surface area contributed by atoms with Gasteiger partial charge in [-0.2, -0.15) is 4.98 Å². The Labute approximate surface area is 118 Å². The zero-order valence-corrected chi connectivity index (χ0v) is 10.8. The monoisotopic (exact) mass is 292 g/mol. The van der Waals surface area contributed by atoms with E-state index >= 15 is 0 Å². The highest BCUT2D eigenvalue weighted by Gasteiger charge is 2.35. The van der Waals surface area contributed by atoms with Crippen molar-refractivity contribution in [1.82, 2.24) is 30.3 Å². The van der Waals surface area contributed by atoms with Crippen LogP contribution in [-0.2, 0) is 24.3 Å². The molecule has 0 saturated heterocycles. The number of rotatable bonds is 3. The summed E-state index contributed by atoms with van der Waals surface area (Å²) < 4.78 is 4.55. The second-order valence-electron chi connectivity index (χ2n) is 4.52. The number of carboxylic acid groups (broad SMARTS) is 1. The molecule has 10 heteroatoms. The van der Waals surface area contributed by atoms with Crippen LogP contribution in [0.1, 0.15) is 17.2 Å². The summed E-state index contributed by atoms with van der Waals surface area (Å²) in [5, 5.41) is 15.4. The Morgan fingerprint density at radius 2 is 2.38 bits per heavy atom. The van der Waals surface area contributed by atoms with E-state index in [-0.39, 0.29) is 19.5 Å². The van der Waals surface area contributed by atoms with E-state index in [1.807, 2.05) is 0 Å². The van der Waals surface area contributed by atoms with Crippen LogP contribution in [0.2, 0.25) is 0 Å². The third-order valence-electron chi connectivity index (χ3n) is 3.25. The van der Waals surface area contributed by atoms with Gasteiger partial charge in [0.15, 0.2) is 5.82 Å². The number of fused-ring (bicyclic) bond motifs is 1. The summed E-state index contributed by atoms with van der Waals surface area (Å²) in [6.07, 6.45) is 2.81. The number of nitrogens with zero attached hydrogens (tertiary/aromatic N) is 4. The highest BCUT2D eigenvalue weighted by atomic mass is 16.5. The van der Waals surface area contributed by atoms with Gasteiger partial charge in [-0.25, -0.2) is 14.6 Å². The van der Waals surface area contributed by atoms with Gasteiger partial charge in [0.1, 0.15) is 6.04 Å². The molecule has 3 rings (SSSR count). The zero-order valence-electron chi connectivity index (χ0n) is 10.8. The normalized spacial score (nSPS) is 17.3. The van der Waals surface area contributed by atoms with Crippen LogP contribution >= 0.6 is 0 Å². The largest absolute Gasteiger partial charge is 0.480 e. The van der Waals surface area contributed by atoms with Gasteiger partial charge in [-0.05, 0) is 0 Å². The number of aliphatic carboxylic acids is 1. The van der Waals surface area contributed by atoms with Gasteiger partial charge in [-0.3, -0.25) is 0 Å². The van der Waals surface area contributed by atoms with Crippen LogP contribution in [0.15, 0.2) is 17.2 Å². The molecule has 0 radical (unpaired) electrons. The predicted molar refractivity (Wildman–Crippen MR) is 65.8 cm³/mol. The van der Waals surface area contributed by atoms with E-state index in [4.69, 9.17) is 0 Å². The van der Waals surface area contributed by atoms with E-state index in [0.717, 1.165) is 12.1 Å². The molecule has 2 aromatic heterocycles. The Hall–Kier alpha value is -2.91. The molecule has 3 heterocycles. The fraction of sp³-hybridized carbons (Fsp3) is 0.364. The average Bonchev–Trinajstić information content (AvgIpc) is 3.13. The van der Waals surface area contributed by atoms with Crippen molar-refractivity contribution in [1.29, 1.82) is 0 Å². The van der Waals surface area contributed by atoms with Crippen LogP contribution in [0.25, 0.3) is 0 Å². The molecule has 0 aromatic carbocycles. The third-order valence-corrected chi connectivity index (χ3v) is 3.25. The van der Waals surface area contributed by atoms with E-state index in [2.05, 4.69) is 29.9 Å². The summed E-state index contributed by atoms with van der Waals surface area (Å²) in [5.41, 5.74) is 1.41. The van der Waals surface area contributed by atoms with Crippen LogP contribution in [0, 0.1) is 0 Å². The molecule has 0 aliphatic carbocycles. The first-order valence-electron chi connectivity index (χ1n) is 6.19. The summed E-state index contributed by atoms with van der Waals surface area (Å²) in [5.74, 6) is -0.757. The molecule has 1 aliphatic rings. The number of urea groups is 1. The van der Waals surface area contributed by atoms with Crippen molar-refractivity contribution in [3.8, 4) is 0 Å². The molecule has 1 aliphatic heterocycles. The van der Waals surface area contributed by atoms with Gasteiger partial charge >= 0.3 is 12.0 Å². The molecule has 2 aromatic rings. The second-order valence-corrected chi connectivity index (χ2v) is 4.52. The Kier molecular flexibility index (Phi) is 3.26. The minimum Gasteiger partial charge on any atom is -0.480 e. The molecule has 21 heavy (non-hydrogen) atoms. The number of amides is 2. The third kappa shape index (κ3) is 2.55. The molecule has 1 unspecified atom stereocenters. The molecule has 0 bridgehead atoms. The predicted octanol–water partition coefficient (Wildman–Crippen LogP) is -0.486.